The van der Waals surface area contributed by atoms with Crippen molar-refractivity contribution in [3.63, 3.8) is 0 Å². The van der Waals surface area contributed by atoms with Crippen molar-refractivity contribution in [1.29, 1.82) is 0 Å². The molecule has 2 rings (SSSR count). The Hall–Kier alpha value is -1.06. The molecular weight excluding hydrogens is 212 g/mol. The van der Waals surface area contributed by atoms with E-state index in [0.29, 0.717) is 6.10 Å². The monoisotopic (exact) mass is 234 g/mol. The molecule has 0 bridgehead atoms. The second kappa shape index (κ2) is 5.52. The Balaban J connectivity index is 2.06. The van der Waals surface area contributed by atoms with E-state index in [1.165, 1.54) is 11.3 Å². The van der Waals surface area contributed by atoms with Crippen LogP contribution in [0.1, 0.15) is 31.9 Å². The molecule has 0 aromatic heterocycles. The minimum atomic E-state index is 0.160. The van der Waals surface area contributed by atoms with Gasteiger partial charge in [0.25, 0.3) is 0 Å². The van der Waals surface area contributed by atoms with Crippen LogP contribution in [0.15, 0.2) is 24.3 Å². The third-order valence-corrected chi connectivity index (χ3v) is 3.37. The molecule has 0 aliphatic carbocycles. The number of hydrogen-bond donors (Lipinski definition) is 1. The third kappa shape index (κ3) is 2.99. The van der Waals surface area contributed by atoms with E-state index < -0.39 is 0 Å². The van der Waals surface area contributed by atoms with Crippen molar-refractivity contribution in [2.75, 3.05) is 24.6 Å². The van der Waals surface area contributed by atoms with Gasteiger partial charge < -0.3 is 15.4 Å². The molecule has 0 spiro atoms. The summed E-state index contributed by atoms with van der Waals surface area (Å²) in [6.45, 7) is 7.00. The van der Waals surface area contributed by atoms with Crippen LogP contribution in [0.3, 0.4) is 0 Å². The van der Waals surface area contributed by atoms with Gasteiger partial charge in [0.15, 0.2) is 0 Å². The average Bonchev–Trinajstić information content (AvgIpc) is 2.38. The second-order valence-electron chi connectivity index (χ2n) is 4.73. The molecular formula is C14H22N2O. The molecule has 0 radical (unpaired) electrons. The minimum Gasteiger partial charge on any atom is -0.375 e. The molecule has 17 heavy (non-hydrogen) atoms. The van der Waals surface area contributed by atoms with Gasteiger partial charge in [0.1, 0.15) is 0 Å². The highest BCUT2D eigenvalue weighted by Gasteiger charge is 2.16. The van der Waals surface area contributed by atoms with Crippen LogP contribution in [0.25, 0.3) is 0 Å². The van der Waals surface area contributed by atoms with Gasteiger partial charge in [0.2, 0.25) is 0 Å². The Morgan fingerprint density at radius 1 is 1.41 bits per heavy atom. The lowest BCUT2D eigenvalue weighted by atomic mass is 10.0. The Bertz CT molecular complexity index is 350. The van der Waals surface area contributed by atoms with Crippen molar-refractivity contribution in [2.24, 2.45) is 5.73 Å². The van der Waals surface area contributed by atoms with Crippen molar-refractivity contribution in [1.82, 2.24) is 0 Å². The van der Waals surface area contributed by atoms with Gasteiger partial charge in [-0.15, -0.1) is 0 Å². The van der Waals surface area contributed by atoms with Crippen LogP contribution < -0.4 is 10.6 Å². The van der Waals surface area contributed by atoms with Crippen molar-refractivity contribution in [3.8, 4) is 0 Å². The van der Waals surface area contributed by atoms with Crippen LogP contribution in [0.4, 0.5) is 5.69 Å². The summed E-state index contributed by atoms with van der Waals surface area (Å²) in [7, 11) is 0. The van der Waals surface area contributed by atoms with E-state index in [9.17, 15) is 0 Å². The van der Waals surface area contributed by atoms with Crippen LogP contribution in [0, 0.1) is 0 Å². The molecule has 3 nitrogen and oxygen atoms in total. The molecule has 1 aromatic rings. The zero-order chi connectivity index (χ0) is 12.3. The van der Waals surface area contributed by atoms with E-state index in [1.54, 1.807) is 0 Å². The van der Waals surface area contributed by atoms with Gasteiger partial charge in [-0.1, -0.05) is 19.1 Å². The first-order valence-electron chi connectivity index (χ1n) is 6.42. The Kier molecular flexibility index (Phi) is 4.02. The van der Waals surface area contributed by atoms with E-state index in [0.717, 1.165) is 26.1 Å². The zero-order valence-electron chi connectivity index (χ0n) is 10.7. The standard InChI is InChI=1S/C14H22N2O/c1-3-14(15)12-4-6-13(7-5-12)16-8-9-17-11(2)10-16/h4-7,11,14H,3,8-10,15H2,1-2H3. The highest BCUT2D eigenvalue weighted by molar-refractivity contribution is 5.48. The van der Waals surface area contributed by atoms with Gasteiger partial charge in [-0.25, -0.2) is 0 Å². The zero-order valence-corrected chi connectivity index (χ0v) is 10.7. The van der Waals surface area contributed by atoms with E-state index in [2.05, 4.69) is 43.0 Å². The van der Waals surface area contributed by atoms with Gasteiger partial charge in [-0.05, 0) is 31.0 Å². The lowest BCUT2D eigenvalue weighted by Gasteiger charge is -2.33. The Labute approximate surface area is 104 Å². The first-order chi connectivity index (χ1) is 8.20. The molecule has 0 amide bonds. The van der Waals surface area contributed by atoms with E-state index >= 15 is 0 Å². The molecule has 2 N–H and O–H groups in total. The summed E-state index contributed by atoms with van der Waals surface area (Å²) < 4.78 is 5.55. The smallest absolute Gasteiger partial charge is 0.0722 e. The fourth-order valence-corrected chi connectivity index (χ4v) is 2.22. The normalized spacial score (nSPS) is 22.5. The van der Waals surface area contributed by atoms with Crippen molar-refractivity contribution >= 4 is 5.69 Å². The number of nitrogens with two attached hydrogens (primary N) is 1. The Morgan fingerprint density at radius 3 is 2.71 bits per heavy atom. The predicted molar refractivity (Wildman–Crippen MR) is 71.3 cm³/mol. The van der Waals surface area contributed by atoms with Crippen LogP contribution in [0.5, 0.6) is 0 Å². The average molecular weight is 234 g/mol. The quantitative estimate of drug-likeness (QED) is 0.872. The maximum atomic E-state index is 6.01. The maximum absolute atomic E-state index is 6.01. The molecule has 1 aliphatic heterocycles. The van der Waals surface area contributed by atoms with Gasteiger partial charge in [0, 0.05) is 24.8 Å². The van der Waals surface area contributed by atoms with Gasteiger partial charge in [-0.3, -0.25) is 0 Å². The summed E-state index contributed by atoms with van der Waals surface area (Å²) in [5.41, 5.74) is 8.50. The second-order valence-corrected chi connectivity index (χ2v) is 4.73. The van der Waals surface area contributed by atoms with Crippen LogP contribution in [0.2, 0.25) is 0 Å². The molecule has 1 aromatic carbocycles. The summed E-state index contributed by atoms with van der Waals surface area (Å²) in [4.78, 5) is 2.37. The number of nitrogens with zero attached hydrogens (tertiary/aromatic N) is 1. The third-order valence-electron chi connectivity index (χ3n) is 3.37. The molecule has 2 atom stereocenters. The number of morpholine rings is 1. The number of hydrogen-bond acceptors (Lipinski definition) is 3. The summed E-state index contributed by atoms with van der Waals surface area (Å²) in [6.07, 6.45) is 1.30. The number of anilines is 1. The van der Waals surface area contributed by atoms with Crippen molar-refractivity contribution in [2.45, 2.75) is 32.4 Å². The highest BCUT2D eigenvalue weighted by Crippen LogP contribution is 2.21. The van der Waals surface area contributed by atoms with Crippen LogP contribution in [-0.2, 0) is 4.74 Å². The molecule has 1 fully saturated rings. The highest BCUT2D eigenvalue weighted by atomic mass is 16.5. The van der Waals surface area contributed by atoms with Gasteiger partial charge in [0.05, 0.1) is 12.7 Å². The fourth-order valence-electron chi connectivity index (χ4n) is 2.22. The van der Waals surface area contributed by atoms with Crippen molar-refractivity contribution in [3.05, 3.63) is 29.8 Å². The topological polar surface area (TPSA) is 38.5 Å². The van der Waals surface area contributed by atoms with Crippen LogP contribution in [-0.4, -0.2) is 25.8 Å². The first-order valence-corrected chi connectivity index (χ1v) is 6.42. The molecule has 2 unspecified atom stereocenters. The maximum Gasteiger partial charge on any atom is 0.0722 e. The summed E-state index contributed by atoms with van der Waals surface area (Å²) in [5.74, 6) is 0. The van der Waals surface area contributed by atoms with Crippen LogP contribution >= 0.6 is 0 Å². The molecule has 94 valence electrons. The van der Waals surface area contributed by atoms with E-state index in [-0.39, 0.29) is 6.04 Å². The van der Waals surface area contributed by atoms with Crippen molar-refractivity contribution < 1.29 is 4.74 Å². The fraction of sp³-hybridized carbons (Fsp3) is 0.571. The van der Waals surface area contributed by atoms with Gasteiger partial charge in [-0.2, -0.15) is 0 Å². The SMILES string of the molecule is CCC(N)c1ccc(N2CCOC(C)C2)cc1. The molecule has 1 saturated heterocycles. The largest absolute Gasteiger partial charge is 0.375 e. The molecule has 3 heteroatoms. The predicted octanol–water partition coefficient (Wildman–Crippen LogP) is 2.32. The minimum absolute atomic E-state index is 0.160. The summed E-state index contributed by atoms with van der Waals surface area (Å²) >= 11 is 0. The number of ether oxygens (including phenoxy) is 1. The lowest BCUT2D eigenvalue weighted by molar-refractivity contribution is 0.0532. The molecule has 1 aliphatic rings. The molecule has 1 heterocycles. The number of benzene rings is 1. The summed E-state index contributed by atoms with van der Waals surface area (Å²) in [6, 6.07) is 8.78. The summed E-state index contributed by atoms with van der Waals surface area (Å²) in [5, 5.41) is 0. The Morgan fingerprint density at radius 2 is 2.12 bits per heavy atom. The van der Waals surface area contributed by atoms with E-state index in [4.69, 9.17) is 10.5 Å². The van der Waals surface area contributed by atoms with Gasteiger partial charge >= 0.3 is 0 Å². The molecule has 0 saturated carbocycles. The number of rotatable bonds is 3. The van der Waals surface area contributed by atoms with E-state index in [1.807, 2.05) is 0 Å². The lowest BCUT2D eigenvalue weighted by Crippen LogP contribution is -2.41. The first kappa shape index (κ1) is 12.4.